The summed E-state index contributed by atoms with van der Waals surface area (Å²) in [5, 5.41) is 3.02. The lowest BCUT2D eigenvalue weighted by Gasteiger charge is -2.44. The summed E-state index contributed by atoms with van der Waals surface area (Å²) in [4.78, 5) is 42.7. The normalized spacial score (nSPS) is 24.9. The van der Waals surface area contributed by atoms with Crippen molar-refractivity contribution in [2.45, 2.75) is 56.3 Å². The largest absolute Gasteiger partial charge is 0.497 e. The minimum Gasteiger partial charge on any atom is -0.497 e. The van der Waals surface area contributed by atoms with Crippen molar-refractivity contribution in [3.63, 3.8) is 0 Å². The Morgan fingerprint density at radius 1 is 1.13 bits per heavy atom. The van der Waals surface area contributed by atoms with E-state index in [2.05, 4.69) is 5.32 Å². The molecule has 8 nitrogen and oxygen atoms in total. The summed E-state index contributed by atoms with van der Waals surface area (Å²) in [5.41, 5.74) is -0.406. The number of nitrogens with zero attached hydrogens (tertiary/aromatic N) is 2. The molecule has 4 fully saturated rings. The fourth-order valence-corrected chi connectivity index (χ4v) is 4.65. The standard InChI is InChI=1S/C23H29N3O5/c1-30-18-4-2-3-16(13-18)22(29)26-19(20(27)24-17-7-8-17)14-31-23(26)9-11-25(12-10-23)21(28)15-5-6-15/h2-4,13,15,17,19H,5-12,14H2,1H3,(H,24,27)/t19-/m1/s1. The Hall–Kier alpha value is -2.61. The van der Waals surface area contributed by atoms with E-state index >= 15 is 0 Å². The third-order valence-corrected chi connectivity index (χ3v) is 6.81. The van der Waals surface area contributed by atoms with E-state index in [0.29, 0.717) is 37.2 Å². The second-order valence-electron chi connectivity index (χ2n) is 9.06. The lowest BCUT2D eigenvalue weighted by molar-refractivity contribution is -0.144. The highest BCUT2D eigenvalue weighted by Gasteiger charge is 2.55. The first-order valence-corrected chi connectivity index (χ1v) is 11.2. The molecule has 3 amide bonds. The molecule has 0 radical (unpaired) electrons. The predicted molar refractivity (Wildman–Crippen MR) is 111 cm³/mol. The van der Waals surface area contributed by atoms with Gasteiger partial charge in [-0.3, -0.25) is 19.3 Å². The summed E-state index contributed by atoms with van der Waals surface area (Å²) < 4.78 is 11.5. The van der Waals surface area contributed by atoms with Crippen LogP contribution in [0.15, 0.2) is 24.3 Å². The Kier molecular flexibility index (Phi) is 5.12. The molecule has 2 aliphatic carbocycles. The number of benzene rings is 1. The summed E-state index contributed by atoms with van der Waals surface area (Å²) in [5.74, 6) is 0.567. The number of carbonyl (C=O) groups excluding carboxylic acids is 3. The molecule has 0 unspecified atom stereocenters. The Morgan fingerprint density at radius 3 is 2.52 bits per heavy atom. The average molecular weight is 428 g/mol. The molecule has 8 heteroatoms. The van der Waals surface area contributed by atoms with Crippen molar-refractivity contribution in [1.29, 1.82) is 0 Å². The van der Waals surface area contributed by atoms with Gasteiger partial charge in [0, 0.05) is 43.5 Å². The van der Waals surface area contributed by atoms with E-state index in [1.54, 1.807) is 36.3 Å². The van der Waals surface area contributed by atoms with E-state index in [4.69, 9.17) is 9.47 Å². The SMILES string of the molecule is COc1cccc(C(=O)N2[C@@H](C(=O)NC3CC3)COC23CCN(C(=O)C2CC2)CC3)c1. The quantitative estimate of drug-likeness (QED) is 0.770. The fourth-order valence-electron chi connectivity index (χ4n) is 4.65. The molecular formula is C23H29N3O5. The van der Waals surface area contributed by atoms with Crippen molar-refractivity contribution in [2.24, 2.45) is 5.92 Å². The number of carbonyl (C=O) groups is 3. The number of nitrogens with one attached hydrogen (secondary N) is 1. The third-order valence-electron chi connectivity index (χ3n) is 6.81. The van der Waals surface area contributed by atoms with Crippen molar-refractivity contribution in [3.05, 3.63) is 29.8 Å². The zero-order valence-electron chi connectivity index (χ0n) is 17.8. The smallest absolute Gasteiger partial charge is 0.257 e. The molecule has 2 saturated heterocycles. The molecule has 1 aromatic rings. The van der Waals surface area contributed by atoms with Crippen LogP contribution >= 0.6 is 0 Å². The van der Waals surface area contributed by atoms with Gasteiger partial charge in [-0.05, 0) is 43.9 Å². The van der Waals surface area contributed by atoms with Gasteiger partial charge < -0.3 is 19.7 Å². The van der Waals surface area contributed by atoms with Crippen molar-refractivity contribution in [3.8, 4) is 5.75 Å². The zero-order valence-corrected chi connectivity index (χ0v) is 17.8. The summed E-state index contributed by atoms with van der Waals surface area (Å²) in [6.45, 7) is 1.24. The van der Waals surface area contributed by atoms with Gasteiger partial charge in [-0.2, -0.15) is 0 Å². The number of ether oxygens (including phenoxy) is 2. The van der Waals surface area contributed by atoms with Crippen LogP contribution in [0.25, 0.3) is 0 Å². The van der Waals surface area contributed by atoms with Crippen LogP contribution in [-0.4, -0.2) is 72.1 Å². The average Bonchev–Trinajstić information content (AvgIpc) is 3.72. The van der Waals surface area contributed by atoms with E-state index in [9.17, 15) is 14.4 Å². The van der Waals surface area contributed by atoms with Crippen LogP contribution in [0.2, 0.25) is 0 Å². The molecule has 1 spiro atoms. The Labute approximate surface area is 181 Å². The van der Waals surface area contributed by atoms with E-state index in [1.165, 1.54) is 0 Å². The number of methoxy groups -OCH3 is 1. The molecular weight excluding hydrogens is 398 g/mol. The van der Waals surface area contributed by atoms with Gasteiger partial charge in [-0.1, -0.05) is 6.07 Å². The Bertz CT molecular complexity index is 887. The molecule has 0 bridgehead atoms. The van der Waals surface area contributed by atoms with E-state index in [0.717, 1.165) is 25.7 Å². The molecule has 1 atom stereocenters. The summed E-state index contributed by atoms with van der Waals surface area (Å²) >= 11 is 0. The van der Waals surface area contributed by atoms with Gasteiger partial charge >= 0.3 is 0 Å². The van der Waals surface area contributed by atoms with Crippen molar-refractivity contribution in [1.82, 2.24) is 15.1 Å². The van der Waals surface area contributed by atoms with Gasteiger partial charge in [-0.25, -0.2) is 0 Å². The lowest BCUT2D eigenvalue weighted by atomic mass is 9.96. The third kappa shape index (κ3) is 3.89. The number of hydrogen-bond acceptors (Lipinski definition) is 5. The van der Waals surface area contributed by atoms with Crippen LogP contribution < -0.4 is 10.1 Å². The zero-order chi connectivity index (χ0) is 21.6. The second-order valence-corrected chi connectivity index (χ2v) is 9.06. The van der Waals surface area contributed by atoms with E-state index in [1.807, 2.05) is 4.90 Å². The van der Waals surface area contributed by atoms with Crippen LogP contribution in [0.1, 0.15) is 48.9 Å². The van der Waals surface area contributed by atoms with E-state index in [-0.39, 0.29) is 36.3 Å². The molecule has 31 heavy (non-hydrogen) atoms. The Morgan fingerprint density at radius 2 is 1.87 bits per heavy atom. The van der Waals surface area contributed by atoms with Gasteiger partial charge in [0.25, 0.3) is 5.91 Å². The van der Waals surface area contributed by atoms with Crippen molar-refractivity contribution in [2.75, 3.05) is 26.8 Å². The van der Waals surface area contributed by atoms with Crippen LogP contribution in [0, 0.1) is 5.92 Å². The molecule has 0 aromatic heterocycles. The first-order chi connectivity index (χ1) is 15.0. The first-order valence-electron chi connectivity index (χ1n) is 11.2. The maximum absolute atomic E-state index is 13.7. The fraction of sp³-hybridized carbons (Fsp3) is 0.609. The van der Waals surface area contributed by atoms with Gasteiger partial charge in [-0.15, -0.1) is 0 Å². The number of piperidine rings is 1. The summed E-state index contributed by atoms with van der Waals surface area (Å²) in [6, 6.07) is 6.51. The van der Waals surface area contributed by atoms with E-state index < -0.39 is 11.8 Å². The monoisotopic (exact) mass is 427 g/mol. The summed E-state index contributed by atoms with van der Waals surface area (Å²) in [7, 11) is 1.56. The maximum atomic E-state index is 13.7. The molecule has 1 N–H and O–H groups in total. The van der Waals surface area contributed by atoms with Crippen LogP contribution in [-0.2, 0) is 14.3 Å². The predicted octanol–water partition coefficient (Wildman–Crippen LogP) is 1.54. The lowest BCUT2D eigenvalue weighted by Crippen LogP contribution is -2.60. The highest BCUT2D eigenvalue weighted by atomic mass is 16.5. The van der Waals surface area contributed by atoms with Crippen molar-refractivity contribution < 1.29 is 23.9 Å². The second kappa shape index (κ2) is 7.82. The molecule has 1 aromatic carbocycles. The molecule has 2 heterocycles. The van der Waals surface area contributed by atoms with Gasteiger partial charge in [0.05, 0.1) is 13.7 Å². The minimum atomic E-state index is -0.869. The van der Waals surface area contributed by atoms with Gasteiger partial charge in [0.15, 0.2) is 0 Å². The molecule has 166 valence electrons. The Balaban J connectivity index is 1.40. The van der Waals surface area contributed by atoms with Crippen LogP contribution in [0.5, 0.6) is 5.75 Å². The number of amides is 3. The van der Waals surface area contributed by atoms with Crippen LogP contribution in [0.3, 0.4) is 0 Å². The molecule has 2 saturated carbocycles. The minimum absolute atomic E-state index is 0.160. The highest BCUT2D eigenvalue weighted by Crippen LogP contribution is 2.40. The summed E-state index contributed by atoms with van der Waals surface area (Å²) in [6.07, 6.45) is 4.92. The van der Waals surface area contributed by atoms with Gasteiger partial charge in [0.1, 0.15) is 17.5 Å². The maximum Gasteiger partial charge on any atom is 0.257 e. The number of rotatable bonds is 5. The molecule has 2 aliphatic heterocycles. The first kappa shape index (κ1) is 20.3. The topological polar surface area (TPSA) is 88.2 Å². The highest BCUT2D eigenvalue weighted by molar-refractivity contribution is 5.99. The molecule has 4 aliphatic rings. The van der Waals surface area contributed by atoms with Gasteiger partial charge in [0.2, 0.25) is 11.8 Å². The number of likely N-dealkylation sites (tertiary alicyclic amines) is 1. The number of hydrogen-bond donors (Lipinski definition) is 1. The van der Waals surface area contributed by atoms with Crippen molar-refractivity contribution >= 4 is 17.7 Å². The molecule has 5 rings (SSSR count). The van der Waals surface area contributed by atoms with Crippen LogP contribution in [0.4, 0.5) is 0 Å².